The first-order valence-electron chi connectivity index (χ1n) is 19.5. The van der Waals surface area contributed by atoms with E-state index in [1.54, 1.807) is 0 Å². The van der Waals surface area contributed by atoms with E-state index in [0.717, 1.165) is 45.3 Å². The van der Waals surface area contributed by atoms with Gasteiger partial charge in [0.2, 0.25) is 0 Å². The molecule has 5 heteroatoms. The molecule has 0 amide bonds. The maximum Gasteiger partial charge on any atom is 0.0329 e. The summed E-state index contributed by atoms with van der Waals surface area (Å²) in [6.07, 6.45) is 3.67. The summed E-state index contributed by atoms with van der Waals surface area (Å²) in [6.45, 7) is 11.2. The normalized spacial score (nSPS) is 11.8. The van der Waals surface area contributed by atoms with Gasteiger partial charge in [-0.3, -0.25) is 9.97 Å². The Labute approximate surface area is 357 Å². The van der Waals surface area contributed by atoms with Crippen LogP contribution in [0.2, 0.25) is 0 Å². The summed E-state index contributed by atoms with van der Waals surface area (Å²) in [6, 6.07) is 66.5. The molecule has 4 nitrogen and oxygen atoms in total. The van der Waals surface area contributed by atoms with E-state index in [-0.39, 0.29) is 20.1 Å². The Hall–Kier alpha value is -6.13. The summed E-state index contributed by atoms with van der Waals surface area (Å²) in [5, 5.41) is 0. The first kappa shape index (κ1) is 40.1. The number of pyridine rings is 2. The number of anilines is 4. The van der Waals surface area contributed by atoms with E-state index in [9.17, 15) is 0 Å². The van der Waals surface area contributed by atoms with Crippen molar-refractivity contribution in [3.8, 4) is 44.8 Å². The fourth-order valence-electron chi connectivity index (χ4n) is 7.33. The smallest absolute Gasteiger partial charge is 0.0329 e. The zero-order valence-corrected chi connectivity index (χ0v) is 35.5. The quantitative estimate of drug-likeness (QED) is 0.142. The third-order valence-corrected chi connectivity index (χ3v) is 10.1. The average Bonchev–Trinajstić information content (AvgIpc) is 3.67. The van der Waals surface area contributed by atoms with E-state index in [4.69, 9.17) is 0 Å². The van der Waals surface area contributed by atoms with Crippen LogP contribution in [0.25, 0.3) is 44.8 Å². The Kier molecular flexibility index (Phi) is 12.7. The number of aromatic nitrogens is 2. The van der Waals surface area contributed by atoms with Crippen molar-refractivity contribution in [3.63, 3.8) is 0 Å². The number of rotatable bonds is 8. The monoisotopic (exact) mass is 929 g/mol. The van der Waals surface area contributed by atoms with Crippen LogP contribution in [0.3, 0.4) is 0 Å². The summed E-state index contributed by atoms with van der Waals surface area (Å²) >= 11 is 0. The van der Waals surface area contributed by atoms with E-state index >= 15 is 0 Å². The first-order valence-corrected chi connectivity index (χ1v) is 19.5. The van der Waals surface area contributed by atoms with Crippen molar-refractivity contribution in [1.29, 1.82) is 0 Å². The summed E-state index contributed by atoms with van der Waals surface area (Å²) in [4.78, 5) is 13.6. The maximum atomic E-state index is 4.64. The number of hydrogen-bond acceptors (Lipinski definition) is 4. The van der Waals surface area contributed by atoms with Gasteiger partial charge in [-0.15, -0.1) is 36.2 Å². The molecule has 1 radical (unpaired) electrons. The predicted octanol–water partition coefficient (Wildman–Crippen LogP) is 13.9. The molecule has 8 aromatic rings. The van der Waals surface area contributed by atoms with Gasteiger partial charge in [-0.2, -0.15) is 60.7 Å². The molecule has 2 aromatic heterocycles. The van der Waals surface area contributed by atoms with E-state index in [1.807, 2.05) is 85.2 Å². The SMILES string of the molecule is CC(C)c1cc(-c2ccccc2)cc(C(C)C)c1-c1cc(-c2ccccn2)[c-]c(-c2ccccn2)c1.[Ir].[c-]1ccccc1N1[CH-]N(c2[c-]cccc2)c2ccccc21. The molecule has 1 aliphatic rings. The average molecular weight is 929 g/mol. The third kappa shape index (κ3) is 8.72. The van der Waals surface area contributed by atoms with Gasteiger partial charge in [-0.1, -0.05) is 123 Å². The molecule has 6 aromatic carbocycles. The molecule has 3 heterocycles. The van der Waals surface area contributed by atoms with Crippen molar-refractivity contribution in [3.05, 3.63) is 212 Å². The Morgan fingerprint density at radius 3 is 1.38 bits per heavy atom. The van der Waals surface area contributed by atoms with Crippen LogP contribution in [-0.4, -0.2) is 9.97 Å². The van der Waals surface area contributed by atoms with Crippen LogP contribution in [0.4, 0.5) is 22.7 Å². The molecule has 0 saturated carbocycles. The van der Waals surface area contributed by atoms with Crippen molar-refractivity contribution < 1.29 is 20.1 Å². The van der Waals surface area contributed by atoms with Crippen LogP contribution < -0.4 is 9.80 Å². The third-order valence-electron chi connectivity index (χ3n) is 10.1. The summed E-state index contributed by atoms with van der Waals surface area (Å²) < 4.78 is 0. The predicted molar refractivity (Wildman–Crippen MR) is 236 cm³/mol. The van der Waals surface area contributed by atoms with Gasteiger partial charge in [0.1, 0.15) is 0 Å². The number of hydrogen-bond donors (Lipinski definition) is 0. The summed E-state index contributed by atoms with van der Waals surface area (Å²) in [5.74, 6) is 0.726. The molecule has 289 valence electrons. The summed E-state index contributed by atoms with van der Waals surface area (Å²) in [5.41, 5.74) is 15.9. The molecule has 0 aliphatic carbocycles. The second-order valence-corrected chi connectivity index (χ2v) is 14.7. The summed E-state index contributed by atoms with van der Waals surface area (Å²) in [7, 11) is 0. The van der Waals surface area contributed by atoms with Crippen LogP contribution in [0.1, 0.15) is 50.7 Å². The second kappa shape index (κ2) is 18.4. The standard InChI is InChI=1S/C34H31N2.C19H13N2.Ir/c1-23(2)30-21-26(25-12-6-5-7-13-25)22-31(24(3)4)34(30)29-19-27(32-14-8-10-16-35-32)18-28(20-29)33-15-9-11-17-36-33;1-3-9-16(10-4-1)20-15-21(17-11-5-2-6-12-17)19-14-8-7-13-18(19)20;/h5-17,19-24H,1-4H3;1-9,11,13-15H;/q-1;-3;. The van der Waals surface area contributed by atoms with E-state index in [1.165, 1.54) is 33.4 Å². The van der Waals surface area contributed by atoms with Crippen LogP contribution in [0.15, 0.2) is 176 Å². The minimum absolute atomic E-state index is 0. The molecule has 0 spiro atoms. The topological polar surface area (TPSA) is 32.3 Å². The van der Waals surface area contributed by atoms with E-state index in [2.05, 4.69) is 163 Å². The maximum absolute atomic E-state index is 4.64. The van der Waals surface area contributed by atoms with Gasteiger partial charge in [-0.05, 0) is 63.9 Å². The fourth-order valence-corrected chi connectivity index (χ4v) is 7.33. The van der Waals surface area contributed by atoms with Gasteiger partial charge >= 0.3 is 0 Å². The van der Waals surface area contributed by atoms with Gasteiger partial charge in [0, 0.05) is 55.3 Å². The Bertz CT molecular complexity index is 2390. The molecule has 0 fully saturated rings. The zero-order valence-electron chi connectivity index (χ0n) is 33.1. The number of benzene rings is 6. The van der Waals surface area contributed by atoms with Gasteiger partial charge < -0.3 is 9.80 Å². The van der Waals surface area contributed by atoms with Crippen molar-refractivity contribution in [2.45, 2.75) is 39.5 Å². The molecule has 0 bridgehead atoms. The molecule has 0 N–H and O–H groups in total. The Morgan fingerprint density at radius 1 is 0.483 bits per heavy atom. The minimum atomic E-state index is 0. The van der Waals surface area contributed by atoms with Crippen molar-refractivity contribution in [1.82, 2.24) is 9.97 Å². The van der Waals surface area contributed by atoms with Gasteiger partial charge in [0.25, 0.3) is 0 Å². The van der Waals surface area contributed by atoms with Gasteiger partial charge in [0.05, 0.1) is 0 Å². The zero-order chi connectivity index (χ0) is 39.1. The first-order chi connectivity index (χ1) is 27.9. The van der Waals surface area contributed by atoms with Crippen LogP contribution in [0, 0.1) is 24.9 Å². The Balaban J connectivity index is 0.000000197. The molecular formula is C53H44IrN4-4. The molecule has 58 heavy (non-hydrogen) atoms. The number of fused-ring (bicyclic) bond motifs is 1. The molecule has 0 saturated heterocycles. The van der Waals surface area contributed by atoms with E-state index < -0.39 is 0 Å². The number of para-hydroxylation sites is 4. The number of nitrogens with zero attached hydrogens (tertiary/aromatic N) is 4. The van der Waals surface area contributed by atoms with Crippen LogP contribution in [-0.2, 0) is 20.1 Å². The molecule has 1 aliphatic heterocycles. The largest absolute Gasteiger partial charge is 0.493 e. The van der Waals surface area contributed by atoms with Crippen molar-refractivity contribution >= 4 is 22.7 Å². The van der Waals surface area contributed by atoms with Gasteiger partial charge in [-0.25, -0.2) is 0 Å². The molecule has 9 rings (SSSR count). The van der Waals surface area contributed by atoms with E-state index in [0.29, 0.717) is 11.8 Å². The molecule has 0 unspecified atom stereocenters. The minimum Gasteiger partial charge on any atom is -0.493 e. The van der Waals surface area contributed by atoms with Gasteiger partial charge in [0.15, 0.2) is 0 Å². The molecular weight excluding hydrogens is 885 g/mol. The molecule has 0 atom stereocenters. The van der Waals surface area contributed by atoms with Crippen molar-refractivity contribution in [2.75, 3.05) is 9.80 Å². The second-order valence-electron chi connectivity index (χ2n) is 14.7. The van der Waals surface area contributed by atoms with Crippen LogP contribution in [0.5, 0.6) is 0 Å². The fraction of sp³-hybridized carbons (Fsp3) is 0.113. The Morgan fingerprint density at radius 2 is 0.948 bits per heavy atom. The van der Waals surface area contributed by atoms with Crippen LogP contribution >= 0.6 is 0 Å². The van der Waals surface area contributed by atoms with Crippen molar-refractivity contribution in [2.24, 2.45) is 0 Å².